The number of nitrogens with one attached hydrogen (secondary N) is 1. The summed E-state index contributed by atoms with van der Waals surface area (Å²) in [5.74, 6) is 0. The zero-order chi connectivity index (χ0) is 14.0. The Kier molecular flexibility index (Phi) is 5.02. The van der Waals surface area contributed by atoms with E-state index < -0.39 is 10.0 Å². The summed E-state index contributed by atoms with van der Waals surface area (Å²) in [5.41, 5.74) is 0. The molecule has 1 heterocycles. The molecule has 1 aliphatic rings. The van der Waals surface area contributed by atoms with Crippen molar-refractivity contribution in [1.82, 2.24) is 4.72 Å². The summed E-state index contributed by atoms with van der Waals surface area (Å²) >= 11 is 4.45. The third-order valence-electron chi connectivity index (χ3n) is 2.97. The quantitative estimate of drug-likeness (QED) is 0.802. The van der Waals surface area contributed by atoms with E-state index in [1.165, 1.54) is 17.4 Å². The Hall–Kier alpha value is 0.01000. The van der Waals surface area contributed by atoms with Crippen molar-refractivity contribution in [3.63, 3.8) is 0 Å². The average Bonchev–Trinajstić information content (AvgIpc) is 2.68. The predicted octanol–water partition coefficient (Wildman–Crippen LogP) is 1.85. The lowest BCUT2D eigenvalue weighted by atomic mass is 9.90. The number of halogens is 1. The van der Waals surface area contributed by atoms with Gasteiger partial charge in [-0.2, -0.15) is 0 Å². The van der Waals surface area contributed by atoms with E-state index >= 15 is 0 Å². The first-order valence-corrected chi connectivity index (χ1v) is 9.08. The van der Waals surface area contributed by atoms with Gasteiger partial charge in [-0.3, -0.25) is 0 Å². The molecule has 1 aromatic rings. The van der Waals surface area contributed by atoms with Gasteiger partial charge in [0.15, 0.2) is 0 Å². The SMILES string of the molecule is CCOC1CC(NS(=O)(=O)c2cc(CO)sc2Br)C1. The molecule has 108 valence electrons. The molecule has 0 aromatic carbocycles. The first kappa shape index (κ1) is 15.4. The summed E-state index contributed by atoms with van der Waals surface area (Å²) in [4.78, 5) is 0.814. The highest BCUT2D eigenvalue weighted by Gasteiger charge is 2.34. The first-order chi connectivity index (χ1) is 8.96. The Morgan fingerprint density at radius 2 is 2.26 bits per heavy atom. The molecule has 0 unspecified atom stereocenters. The van der Waals surface area contributed by atoms with Crippen LogP contribution in [0, 0.1) is 0 Å². The molecule has 2 N–H and O–H groups in total. The summed E-state index contributed by atoms with van der Waals surface area (Å²) < 4.78 is 33.0. The largest absolute Gasteiger partial charge is 0.391 e. The van der Waals surface area contributed by atoms with Crippen LogP contribution in [0.2, 0.25) is 0 Å². The van der Waals surface area contributed by atoms with Crippen molar-refractivity contribution in [3.05, 3.63) is 14.7 Å². The van der Waals surface area contributed by atoms with Gasteiger partial charge < -0.3 is 9.84 Å². The minimum atomic E-state index is -3.53. The molecular formula is C11H16BrNO4S2. The minimum Gasteiger partial charge on any atom is -0.391 e. The lowest BCUT2D eigenvalue weighted by molar-refractivity contribution is -0.00475. The van der Waals surface area contributed by atoms with Crippen LogP contribution in [-0.2, 0) is 21.4 Å². The van der Waals surface area contributed by atoms with Gasteiger partial charge >= 0.3 is 0 Å². The molecule has 1 saturated carbocycles. The molecule has 1 aromatic heterocycles. The second-order valence-electron chi connectivity index (χ2n) is 4.38. The molecule has 0 atom stereocenters. The van der Waals surface area contributed by atoms with Gasteiger partial charge in [0.25, 0.3) is 0 Å². The van der Waals surface area contributed by atoms with Crippen LogP contribution in [0.4, 0.5) is 0 Å². The standard InChI is InChI=1S/C11H16BrNO4S2/c1-2-17-8-3-7(4-8)13-19(15,16)10-5-9(6-14)18-11(10)12/h5,7-8,13-14H,2-4,6H2,1H3. The summed E-state index contributed by atoms with van der Waals surface area (Å²) in [5, 5.41) is 9.03. The number of hydrogen-bond donors (Lipinski definition) is 2. The zero-order valence-corrected chi connectivity index (χ0v) is 13.6. The van der Waals surface area contributed by atoms with Gasteiger partial charge in [-0.15, -0.1) is 11.3 Å². The Morgan fingerprint density at radius 3 is 2.79 bits per heavy atom. The average molecular weight is 370 g/mol. The lowest BCUT2D eigenvalue weighted by Gasteiger charge is -2.34. The van der Waals surface area contributed by atoms with Crippen LogP contribution in [0.25, 0.3) is 0 Å². The number of aliphatic hydroxyl groups is 1. The van der Waals surface area contributed by atoms with Crippen molar-refractivity contribution < 1.29 is 18.3 Å². The van der Waals surface area contributed by atoms with Crippen LogP contribution in [0.1, 0.15) is 24.6 Å². The van der Waals surface area contributed by atoms with Gasteiger partial charge in [0.1, 0.15) is 4.90 Å². The maximum absolute atomic E-state index is 12.2. The zero-order valence-electron chi connectivity index (χ0n) is 10.4. The maximum Gasteiger partial charge on any atom is 0.242 e. The van der Waals surface area contributed by atoms with Crippen LogP contribution >= 0.6 is 27.3 Å². The topological polar surface area (TPSA) is 75.6 Å². The van der Waals surface area contributed by atoms with Crippen molar-refractivity contribution in [3.8, 4) is 0 Å². The van der Waals surface area contributed by atoms with Crippen LogP contribution in [0.5, 0.6) is 0 Å². The summed E-state index contributed by atoms with van der Waals surface area (Å²) in [6, 6.07) is 1.43. The Bertz CT molecular complexity index is 537. The molecule has 0 aliphatic heterocycles. The molecule has 0 amide bonds. The molecule has 8 heteroatoms. The van der Waals surface area contributed by atoms with Crippen LogP contribution in [0.15, 0.2) is 14.7 Å². The summed E-state index contributed by atoms with van der Waals surface area (Å²) in [6.45, 7) is 2.42. The van der Waals surface area contributed by atoms with E-state index in [0.717, 1.165) is 0 Å². The Balaban J connectivity index is 2.01. The molecule has 0 saturated heterocycles. The molecule has 0 radical (unpaired) electrons. The van der Waals surface area contributed by atoms with Crippen LogP contribution in [0.3, 0.4) is 0 Å². The first-order valence-electron chi connectivity index (χ1n) is 5.99. The smallest absolute Gasteiger partial charge is 0.242 e. The van der Waals surface area contributed by atoms with Crippen molar-refractivity contribution in [2.75, 3.05) is 6.61 Å². The third-order valence-corrected chi connectivity index (χ3v) is 6.73. The van der Waals surface area contributed by atoms with E-state index in [1.807, 2.05) is 6.92 Å². The number of aliphatic hydroxyl groups excluding tert-OH is 1. The molecule has 1 aliphatic carbocycles. The van der Waals surface area contributed by atoms with Gasteiger partial charge in [0.05, 0.1) is 16.5 Å². The van der Waals surface area contributed by atoms with Crippen molar-refractivity contribution in [2.45, 2.75) is 43.4 Å². The molecular weight excluding hydrogens is 354 g/mol. The van der Waals surface area contributed by atoms with Crippen LogP contribution < -0.4 is 4.72 Å². The van der Waals surface area contributed by atoms with Gasteiger partial charge in [0.2, 0.25) is 10.0 Å². The van der Waals surface area contributed by atoms with E-state index in [2.05, 4.69) is 20.7 Å². The molecule has 19 heavy (non-hydrogen) atoms. The van der Waals surface area contributed by atoms with Crippen molar-refractivity contribution >= 4 is 37.3 Å². The monoisotopic (exact) mass is 369 g/mol. The molecule has 0 bridgehead atoms. The molecule has 0 spiro atoms. The van der Waals surface area contributed by atoms with E-state index in [-0.39, 0.29) is 23.6 Å². The summed E-state index contributed by atoms with van der Waals surface area (Å²) in [7, 11) is -3.53. The predicted molar refractivity (Wildman–Crippen MR) is 76.7 cm³/mol. The van der Waals surface area contributed by atoms with E-state index in [9.17, 15) is 8.42 Å². The van der Waals surface area contributed by atoms with Gasteiger partial charge in [-0.05, 0) is 41.8 Å². The number of sulfonamides is 1. The third kappa shape index (κ3) is 3.56. The molecule has 2 rings (SSSR count). The fourth-order valence-electron chi connectivity index (χ4n) is 1.98. The highest BCUT2D eigenvalue weighted by atomic mass is 79.9. The minimum absolute atomic E-state index is 0.0640. The number of ether oxygens (including phenoxy) is 1. The fourth-order valence-corrected chi connectivity index (χ4v) is 5.78. The van der Waals surface area contributed by atoms with E-state index in [0.29, 0.717) is 28.1 Å². The van der Waals surface area contributed by atoms with Gasteiger partial charge in [-0.1, -0.05) is 0 Å². The lowest BCUT2D eigenvalue weighted by Crippen LogP contribution is -2.47. The van der Waals surface area contributed by atoms with Gasteiger partial charge in [0, 0.05) is 17.5 Å². The summed E-state index contributed by atoms with van der Waals surface area (Å²) in [6.07, 6.45) is 1.58. The van der Waals surface area contributed by atoms with Gasteiger partial charge in [-0.25, -0.2) is 13.1 Å². The van der Waals surface area contributed by atoms with Crippen LogP contribution in [-0.4, -0.2) is 32.3 Å². The fraction of sp³-hybridized carbons (Fsp3) is 0.636. The highest BCUT2D eigenvalue weighted by molar-refractivity contribution is 9.11. The second kappa shape index (κ2) is 6.19. The Morgan fingerprint density at radius 1 is 1.58 bits per heavy atom. The molecule has 5 nitrogen and oxygen atoms in total. The number of thiophene rings is 1. The second-order valence-corrected chi connectivity index (χ2v) is 8.51. The van der Waals surface area contributed by atoms with E-state index in [1.54, 1.807) is 0 Å². The van der Waals surface area contributed by atoms with Crippen molar-refractivity contribution in [1.29, 1.82) is 0 Å². The molecule has 1 fully saturated rings. The number of rotatable bonds is 6. The van der Waals surface area contributed by atoms with Crippen molar-refractivity contribution in [2.24, 2.45) is 0 Å². The highest BCUT2D eigenvalue weighted by Crippen LogP contribution is 2.33. The number of hydrogen-bond acceptors (Lipinski definition) is 5. The van der Waals surface area contributed by atoms with E-state index in [4.69, 9.17) is 9.84 Å². The normalized spacial score (nSPS) is 23.3. The maximum atomic E-state index is 12.2. The Labute approximate surface area is 125 Å².